The van der Waals surface area contributed by atoms with E-state index >= 15 is 0 Å². The van der Waals surface area contributed by atoms with Crippen LogP contribution in [0.1, 0.15) is 10.5 Å². The summed E-state index contributed by atoms with van der Waals surface area (Å²) in [5, 5.41) is 8.94. The lowest BCUT2D eigenvalue weighted by Crippen LogP contribution is -2.02. The summed E-state index contributed by atoms with van der Waals surface area (Å²) in [6.07, 6.45) is 0. The molecule has 1 heterocycles. The minimum Gasteiger partial charge on any atom is -0.476 e. The first-order valence-electron chi connectivity index (χ1n) is 4.79. The van der Waals surface area contributed by atoms with Crippen molar-refractivity contribution in [2.24, 2.45) is 0 Å². The molecule has 4 nitrogen and oxygen atoms in total. The number of rotatable bonds is 3. The van der Waals surface area contributed by atoms with Crippen LogP contribution in [0.2, 0.25) is 5.02 Å². The Morgan fingerprint density at radius 1 is 1.18 bits per heavy atom. The lowest BCUT2D eigenvalue weighted by molar-refractivity contribution is 0.0690. The maximum atomic E-state index is 10.8. The van der Waals surface area contributed by atoms with Gasteiger partial charge < -0.3 is 9.84 Å². The Morgan fingerprint density at radius 2 is 1.88 bits per heavy atom. The Bertz CT molecular complexity index is 543. The summed E-state index contributed by atoms with van der Waals surface area (Å²) in [4.78, 5) is 14.6. The van der Waals surface area contributed by atoms with Gasteiger partial charge in [-0.05, 0) is 18.2 Å². The molecule has 1 aromatic carbocycles. The van der Waals surface area contributed by atoms with Crippen molar-refractivity contribution in [3.05, 3.63) is 53.2 Å². The second-order valence-corrected chi connectivity index (χ2v) is 3.61. The molecule has 0 amide bonds. The zero-order chi connectivity index (χ0) is 12.3. The number of nitrogens with zero attached hydrogens (tertiary/aromatic N) is 1. The van der Waals surface area contributed by atoms with E-state index in [0.29, 0.717) is 5.75 Å². The molecule has 0 aliphatic carbocycles. The molecule has 17 heavy (non-hydrogen) atoms. The van der Waals surface area contributed by atoms with Crippen LogP contribution >= 0.6 is 11.6 Å². The zero-order valence-electron chi connectivity index (χ0n) is 8.63. The Balaban J connectivity index is 2.29. The van der Waals surface area contributed by atoms with Crippen LogP contribution in [-0.4, -0.2) is 16.1 Å². The lowest BCUT2D eigenvalue weighted by atomic mass is 10.3. The number of carboxylic acids is 1. The van der Waals surface area contributed by atoms with Crippen molar-refractivity contribution in [3.8, 4) is 11.6 Å². The number of halogens is 1. The van der Waals surface area contributed by atoms with Gasteiger partial charge in [0.15, 0.2) is 5.69 Å². The van der Waals surface area contributed by atoms with Gasteiger partial charge in [0.25, 0.3) is 0 Å². The van der Waals surface area contributed by atoms with E-state index in [2.05, 4.69) is 4.98 Å². The predicted molar refractivity (Wildman–Crippen MR) is 62.7 cm³/mol. The number of aromatic carboxylic acids is 1. The largest absolute Gasteiger partial charge is 0.476 e. The smallest absolute Gasteiger partial charge is 0.356 e. The molecular formula is C12H8ClNO3. The SMILES string of the molecule is O=C(O)c1nc(Oc2ccccc2)ccc1Cl. The normalized spacial score (nSPS) is 9.94. The van der Waals surface area contributed by atoms with Crippen LogP contribution in [-0.2, 0) is 0 Å². The highest BCUT2D eigenvalue weighted by molar-refractivity contribution is 6.33. The van der Waals surface area contributed by atoms with E-state index in [1.165, 1.54) is 12.1 Å². The fourth-order valence-electron chi connectivity index (χ4n) is 1.24. The highest BCUT2D eigenvalue weighted by Gasteiger charge is 2.12. The van der Waals surface area contributed by atoms with Crippen LogP contribution in [0.15, 0.2) is 42.5 Å². The molecular weight excluding hydrogens is 242 g/mol. The first-order valence-corrected chi connectivity index (χ1v) is 5.17. The number of carboxylic acid groups (broad SMARTS) is 1. The fourth-order valence-corrected chi connectivity index (χ4v) is 1.43. The number of ether oxygens (including phenoxy) is 1. The molecule has 2 aromatic rings. The molecule has 0 radical (unpaired) electrons. The number of hydrogen-bond acceptors (Lipinski definition) is 3. The van der Waals surface area contributed by atoms with E-state index in [9.17, 15) is 4.79 Å². The number of pyridine rings is 1. The van der Waals surface area contributed by atoms with Crippen LogP contribution in [0.3, 0.4) is 0 Å². The van der Waals surface area contributed by atoms with E-state index < -0.39 is 5.97 Å². The first-order chi connectivity index (χ1) is 8.16. The number of carbonyl (C=O) groups is 1. The van der Waals surface area contributed by atoms with E-state index in [1.54, 1.807) is 12.1 Å². The van der Waals surface area contributed by atoms with Gasteiger partial charge in [-0.1, -0.05) is 29.8 Å². The summed E-state index contributed by atoms with van der Waals surface area (Å²) >= 11 is 5.70. The van der Waals surface area contributed by atoms with Crippen LogP contribution < -0.4 is 4.74 Å². The average Bonchev–Trinajstić information content (AvgIpc) is 2.32. The Kier molecular flexibility index (Phi) is 3.25. The number of hydrogen-bond donors (Lipinski definition) is 1. The Labute approximate surface area is 102 Å². The molecule has 0 fully saturated rings. The average molecular weight is 250 g/mol. The Hall–Kier alpha value is -2.07. The second-order valence-electron chi connectivity index (χ2n) is 3.20. The molecule has 0 spiro atoms. The summed E-state index contributed by atoms with van der Waals surface area (Å²) in [5.74, 6) is -0.412. The van der Waals surface area contributed by atoms with Crippen LogP contribution in [0.4, 0.5) is 0 Å². The van der Waals surface area contributed by atoms with Crippen molar-refractivity contribution in [2.45, 2.75) is 0 Å². The topological polar surface area (TPSA) is 59.4 Å². The molecule has 0 bridgehead atoms. The van der Waals surface area contributed by atoms with Gasteiger partial charge in [0, 0.05) is 6.07 Å². The van der Waals surface area contributed by atoms with Crippen molar-refractivity contribution in [1.82, 2.24) is 4.98 Å². The van der Waals surface area contributed by atoms with E-state index in [1.807, 2.05) is 18.2 Å². The molecule has 2 rings (SSSR count). The van der Waals surface area contributed by atoms with Gasteiger partial charge in [-0.3, -0.25) is 0 Å². The maximum Gasteiger partial charge on any atom is 0.356 e. The maximum absolute atomic E-state index is 10.8. The van der Waals surface area contributed by atoms with E-state index in [0.717, 1.165) is 0 Å². The van der Waals surface area contributed by atoms with Gasteiger partial charge in [0.05, 0.1) is 5.02 Å². The van der Waals surface area contributed by atoms with Crippen molar-refractivity contribution in [1.29, 1.82) is 0 Å². The Morgan fingerprint density at radius 3 is 2.53 bits per heavy atom. The van der Waals surface area contributed by atoms with Crippen molar-refractivity contribution < 1.29 is 14.6 Å². The van der Waals surface area contributed by atoms with Crippen molar-refractivity contribution in [3.63, 3.8) is 0 Å². The van der Waals surface area contributed by atoms with Gasteiger partial charge >= 0.3 is 5.97 Å². The summed E-state index contributed by atoms with van der Waals surface area (Å²) in [6, 6.07) is 11.9. The third-order valence-corrected chi connectivity index (χ3v) is 2.29. The fraction of sp³-hybridized carbons (Fsp3) is 0. The van der Waals surface area contributed by atoms with Gasteiger partial charge in [-0.15, -0.1) is 0 Å². The minimum absolute atomic E-state index is 0.0814. The van der Waals surface area contributed by atoms with Gasteiger partial charge in [-0.25, -0.2) is 9.78 Å². The number of aromatic nitrogens is 1. The van der Waals surface area contributed by atoms with E-state index in [-0.39, 0.29) is 16.6 Å². The van der Waals surface area contributed by atoms with E-state index in [4.69, 9.17) is 21.4 Å². The third-order valence-electron chi connectivity index (χ3n) is 1.99. The standard InChI is InChI=1S/C12H8ClNO3/c13-9-6-7-10(14-11(9)12(15)16)17-8-4-2-1-3-5-8/h1-7H,(H,15,16). The quantitative estimate of drug-likeness (QED) is 0.907. The van der Waals surface area contributed by atoms with Gasteiger partial charge in [-0.2, -0.15) is 0 Å². The molecule has 5 heteroatoms. The highest BCUT2D eigenvalue weighted by Crippen LogP contribution is 2.22. The summed E-state index contributed by atoms with van der Waals surface area (Å²) in [6.45, 7) is 0. The first kappa shape index (κ1) is 11.4. The monoisotopic (exact) mass is 249 g/mol. The minimum atomic E-state index is -1.19. The molecule has 86 valence electrons. The predicted octanol–water partition coefficient (Wildman–Crippen LogP) is 3.23. The molecule has 0 atom stereocenters. The molecule has 0 aliphatic heterocycles. The third kappa shape index (κ3) is 2.73. The summed E-state index contributed by atoms with van der Waals surface area (Å²) < 4.78 is 5.39. The van der Waals surface area contributed by atoms with Crippen molar-refractivity contribution >= 4 is 17.6 Å². The van der Waals surface area contributed by atoms with Crippen LogP contribution in [0.25, 0.3) is 0 Å². The van der Waals surface area contributed by atoms with Crippen LogP contribution in [0, 0.1) is 0 Å². The molecule has 0 saturated heterocycles. The molecule has 0 saturated carbocycles. The number of para-hydroxylation sites is 1. The zero-order valence-corrected chi connectivity index (χ0v) is 9.39. The van der Waals surface area contributed by atoms with Crippen LogP contribution in [0.5, 0.6) is 11.6 Å². The van der Waals surface area contributed by atoms with Gasteiger partial charge in [0.2, 0.25) is 5.88 Å². The second kappa shape index (κ2) is 4.84. The molecule has 0 unspecified atom stereocenters. The van der Waals surface area contributed by atoms with Gasteiger partial charge in [0.1, 0.15) is 5.75 Å². The van der Waals surface area contributed by atoms with Crippen molar-refractivity contribution in [2.75, 3.05) is 0 Å². The summed E-state index contributed by atoms with van der Waals surface area (Å²) in [5.41, 5.74) is -0.222. The summed E-state index contributed by atoms with van der Waals surface area (Å²) in [7, 11) is 0. The number of benzene rings is 1. The molecule has 1 aromatic heterocycles. The molecule has 0 aliphatic rings. The highest BCUT2D eigenvalue weighted by atomic mass is 35.5. The lowest BCUT2D eigenvalue weighted by Gasteiger charge is -2.05. The molecule has 1 N–H and O–H groups in total.